The Balaban J connectivity index is 1.58. The van der Waals surface area contributed by atoms with Crippen molar-refractivity contribution in [3.63, 3.8) is 0 Å². The maximum absolute atomic E-state index is 13.9. The lowest BCUT2D eigenvalue weighted by molar-refractivity contribution is -0.135. The topological polar surface area (TPSA) is 69.7 Å². The van der Waals surface area contributed by atoms with E-state index in [1.165, 1.54) is 4.90 Å². The van der Waals surface area contributed by atoms with Crippen LogP contribution in [0.5, 0.6) is 0 Å². The van der Waals surface area contributed by atoms with Gasteiger partial charge in [0.2, 0.25) is 17.7 Å². The highest BCUT2D eigenvalue weighted by atomic mass is 35.5. The molecule has 4 aliphatic heterocycles. The molecule has 2 aromatic rings. The van der Waals surface area contributed by atoms with Gasteiger partial charge >= 0.3 is 0 Å². The highest BCUT2D eigenvalue weighted by Gasteiger charge is 2.74. The third kappa shape index (κ3) is 2.19. The van der Waals surface area contributed by atoms with Gasteiger partial charge in [0.15, 0.2) is 0 Å². The van der Waals surface area contributed by atoms with Gasteiger partial charge in [-0.05, 0) is 57.0 Å². The summed E-state index contributed by atoms with van der Waals surface area (Å²) in [7, 11) is 0. The van der Waals surface area contributed by atoms with Crippen LogP contribution in [0.4, 0.5) is 11.4 Å². The van der Waals surface area contributed by atoms with Crippen LogP contribution < -0.4 is 10.2 Å². The molecule has 4 atom stereocenters. The van der Waals surface area contributed by atoms with Gasteiger partial charge in [-0.25, -0.2) is 4.90 Å². The highest BCUT2D eigenvalue weighted by Crippen LogP contribution is 2.60. The Morgan fingerprint density at radius 3 is 2.68 bits per heavy atom. The molecule has 3 saturated heterocycles. The second-order valence-corrected chi connectivity index (χ2v) is 9.56. The smallest absolute Gasteiger partial charge is 0.250 e. The minimum atomic E-state index is -1.14. The molecule has 158 valence electrons. The quantitative estimate of drug-likeness (QED) is 0.697. The average molecular weight is 436 g/mol. The van der Waals surface area contributed by atoms with E-state index >= 15 is 0 Å². The molecule has 3 amide bonds. The number of halogens is 1. The summed E-state index contributed by atoms with van der Waals surface area (Å²) in [5.74, 6) is -2.00. The maximum Gasteiger partial charge on any atom is 0.250 e. The number of aryl methyl sites for hydroxylation is 2. The molecule has 0 aromatic heterocycles. The molecule has 4 aliphatic rings. The zero-order chi connectivity index (χ0) is 21.7. The molecule has 0 unspecified atom stereocenters. The first-order chi connectivity index (χ1) is 14.9. The summed E-state index contributed by atoms with van der Waals surface area (Å²) in [5, 5.41) is 3.48. The molecular weight excluding hydrogens is 414 g/mol. The van der Waals surface area contributed by atoms with Crippen LogP contribution in [0.3, 0.4) is 0 Å². The van der Waals surface area contributed by atoms with E-state index in [9.17, 15) is 14.4 Å². The van der Waals surface area contributed by atoms with Crippen molar-refractivity contribution in [2.75, 3.05) is 16.8 Å². The van der Waals surface area contributed by atoms with Crippen molar-refractivity contribution in [1.82, 2.24) is 4.90 Å². The average Bonchev–Trinajstić information content (AvgIpc) is 3.43. The van der Waals surface area contributed by atoms with E-state index in [1.807, 2.05) is 38.1 Å². The number of anilines is 2. The van der Waals surface area contributed by atoms with Crippen LogP contribution in [0.15, 0.2) is 36.4 Å². The van der Waals surface area contributed by atoms with Crippen molar-refractivity contribution in [2.45, 2.75) is 38.3 Å². The summed E-state index contributed by atoms with van der Waals surface area (Å²) in [4.78, 5) is 44.7. The number of carbonyl (C=O) groups excluding carboxylic acids is 3. The van der Waals surface area contributed by atoms with Crippen LogP contribution in [0.2, 0.25) is 5.02 Å². The molecule has 2 aromatic carbocycles. The monoisotopic (exact) mass is 435 g/mol. The number of benzene rings is 2. The Kier molecular flexibility index (Phi) is 3.79. The van der Waals surface area contributed by atoms with Gasteiger partial charge in [0, 0.05) is 22.3 Å². The first-order valence-corrected chi connectivity index (χ1v) is 11.1. The van der Waals surface area contributed by atoms with Crippen LogP contribution in [-0.2, 0) is 19.9 Å². The number of carbonyl (C=O) groups is 3. The predicted octanol–water partition coefficient (Wildman–Crippen LogP) is 3.39. The Hall–Kier alpha value is -2.70. The number of nitrogens with one attached hydrogen (secondary N) is 1. The summed E-state index contributed by atoms with van der Waals surface area (Å²) < 4.78 is 0. The Morgan fingerprint density at radius 2 is 1.87 bits per heavy atom. The highest BCUT2D eigenvalue weighted by molar-refractivity contribution is 6.32. The van der Waals surface area contributed by atoms with Crippen LogP contribution in [0, 0.1) is 25.7 Å². The number of amides is 3. The van der Waals surface area contributed by atoms with Crippen LogP contribution in [0.25, 0.3) is 0 Å². The lowest BCUT2D eigenvalue weighted by Crippen LogP contribution is -2.54. The molecule has 1 spiro atoms. The van der Waals surface area contributed by atoms with E-state index in [0.717, 1.165) is 35.2 Å². The molecule has 0 saturated carbocycles. The molecule has 7 heteroatoms. The first kappa shape index (κ1) is 19.0. The Bertz CT molecular complexity index is 1190. The minimum absolute atomic E-state index is 0.122. The lowest BCUT2D eigenvalue weighted by Gasteiger charge is -2.37. The Morgan fingerprint density at radius 1 is 1.06 bits per heavy atom. The zero-order valence-electron chi connectivity index (χ0n) is 17.3. The third-order valence-electron chi connectivity index (χ3n) is 7.56. The molecule has 6 nitrogen and oxygen atoms in total. The summed E-state index contributed by atoms with van der Waals surface area (Å²) in [6, 6.07) is 10.9. The minimum Gasteiger partial charge on any atom is -0.324 e. The van der Waals surface area contributed by atoms with E-state index in [0.29, 0.717) is 17.3 Å². The van der Waals surface area contributed by atoms with Gasteiger partial charge in [0.05, 0.1) is 17.5 Å². The zero-order valence-corrected chi connectivity index (χ0v) is 18.1. The lowest BCUT2D eigenvalue weighted by atomic mass is 9.75. The van der Waals surface area contributed by atoms with Gasteiger partial charge < -0.3 is 5.32 Å². The third-order valence-corrected chi connectivity index (χ3v) is 7.80. The van der Waals surface area contributed by atoms with E-state index in [2.05, 4.69) is 10.2 Å². The summed E-state index contributed by atoms with van der Waals surface area (Å²) in [6.07, 6.45) is 1.71. The van der Waals surface area contributed by atoms with Crippen molar-refractivity contribution >= 4 is 40.7 Å². The Labute approximate surface area is 185 Å². The van der Waals surface area contributed by atoms with Crippen molar-refractivity contribution in [2.24, 2.45) is 11.8 Å². The second kappa shape index (κ2) is 6.17. The number of imide groups is 1. The number of hydrogen-bond donors (Lipinski definition) is 1. The predicted molar refractivity (Wildman–Crippen MR) is 117 cm³/mol. The van der Waals surface area contributed by atoms with Gasteiger partial charge in [-0.1, -0.05) is 35.4 Å². The number of nitrogens with zero attached hydrogens (tertiary/aromatic N) is 2. The molecule has 4 heterocycles. The van der Waals surface area contributed by atoms with Gasteiger partial charge in [-0.3, -0.25) is 19.3 Å². The fourth-order valence-corrected chi connectivity index (χ4v) is 6.54. The van der Waals surface area contributed by atoms with Crippen molar-refractivity contribution in [3.8, 4) is 0 Å². The fraction of sp³-hybridized carbons (Fsp3) is 0.375. The van der Waals surface area contributed by atoms with Crippen molar-refractivity contribution in [1.29, 1.82) is 0 Å². The fourth-order valence-electron chi connectivity index (χ4n) is 6.38. The van der Waals surface area contributed by atoms with Crippen molar-refractivity contribution < 1.29 is 14.4 Å². The molecule has 1 N–H and O–H groups in total. The van der Waals surface area contributed by atoms with Crippen LogP contribution in [-0.4, -0.2) is 35.2 Å². The van der Waals surface area contributed by atoms with Gasteiger partial charge in [0.1, 0.15) is 5.54 Å². The largest absolute Gasteiger partial charge is 0.324 e. The molecule has 6 rings (SSSR count). The number of fused-ring (bicyclic) bond motifs is 7. The van der Waals surface area contributed by atoms with Gasteiger partial charge in [-0.15, -0.1) is 0 Å². The molecular formula is C24H22ClN3O3. The van der Waals surface area contributed by atoms with E-state index in [1.54, 1.807) is 12.1 Å². The van der Waals surface area contributed by atoms with Gasteiger partial charge in [-0.2, -0.15) is 0 Å². The molecule has 3 fully saturated rings. The molecule has 0 aliphatic carbocycles. The first-order valence-electron chi connectivity index (χ1n) is 10.7. The van der Waals surface area contributed by atoms with E-state index in [-0.39, 0.29) is 23.8 Å². The molecule has 31 heavy (non-hydrogen) atoms. The number of hydrogen-bond acceptors (Lipinski definition) is 4. The summed E-state index contributed by atoms with van der Waals surface area (Å²) in [6.45, 7) is 4.54. The normalized spacial score (nSPS) is 31.4. The number of rotatable bonds is 1. The van der Waals surface area contributed by atoms with E-state index in [4.69, 9.17) is 11.6 Å². The standard InChI is InChI=1S/C24H22ClN3O3/c1-12-5-8-16-15(10-12)24(23(31)26-16)20-19(17-4-3-9-27(17)24)21(29)28(22(20)30)18-11-14(25)7-6-13(18)2/h5-8,10-11,17,19-20H,3-4,9H2,1-2H3,(H,26,31)/t17-,19-,20-,24+/m0/s1. The molecule has 0 radical (unpaired) electrons. The van der Waals surface area contributed by atoms with Crippen LogP contribution >= 0.6 is 11.6 Å². The molecule has 0 bridgehead atoms. The van der Waals surface area contributed by atoms with Crippen molar-refractivity contribution in [3.05, 3.63) is 58.1 Å². The van der Waals surface area contributed by atoms with Crippen LogP contribution in [0.1, 0.15) is 29.5 Å². The van der Waals surface area contributed by atoms with Gasteiger partial charge in [0.25, 0.3) is 0 Å². The summed E-state index contributed by atoms with van der Waals surface area (Å²) in [5.41, 5.74) is 2.76. The second-order valence-electron chi connectivity index (χ2n) is 9.12. The maximum atomic E-state index is 13.9. The SMILES string of the molecule is Cc1ccc2c(c1)[C@]1(C(=O)N2)[C@@H]2C(=O)N(c3cc(Cl)ccc3C)C(=O)[C@H]2[C@@H]2CCCN21. The van der Waals surface area contributed by atoms with E-state index < -0.39 is 17.4 Å². The summed E-state index contributed by atoms with van der Waals surface area (Å²) >= 11 is 6.21.